The van der Waals surface area contributed by atoms with Crippen LogP contribution >= 0.6 is 0 Å². The van der Waals surface area contributed by atoms with Gasteiger partial charge in [-0.05, 0) is 12.5 Å². The van der Waals surface area contributed by atoms with Crippen molar-refractivity contribution in [2.45, 2.75) is 18.9 Å². The number of hydrogen-bond acceptors (Lipinski definition) is 6. The van der Waals surface area contributed by atoms with Crippen molar-refractivity contribution in [3.8, 4) is 17.3 Å². The minimum atomic E-state index is -1.34. The Labute approximate surface area is 180 Å². The first-order valence-corrected chi connectivity index (χ1v) is 10.0. The summed E-state index contributed by atoms with van der Waals surface area (Å²) >= 11 is 0. The lowest BCUT2D eigenvalue weighted by Gasteiger charge is -2.23. The van der Waals surface area contributed by atoms with Gasteiger partial charge in [0.2, 0.25) is 0 Å². The molecule has 0 saturated carbocycles. The van der Waals surface area contributed by atoms with E-state index in [-0.39, 0.29) is 24.2 Å². The number of nitrogens with zero attached hydrogens (tertiary/aromatic N) is 7. The Morgan fingerprint density at radius 3 is 2.97 bits per heavy atom. The number of pyridine rings is 1. The zero-order valence-electron chi connectivity index (χ0n) is 16.7. The van der Waals surface area contributed by atoms with Crippen molar-refractivity contribution < 1.29 is 13.2 Å². The van der Waals surface area contributed by atoms with Gasteiger partial charge in [0, 0.05) is 48.4 Å². The summed E-state index contributed by atoms with van der Waals surface area (Å²) in [7, 11) is 0. The number of rotatable bonds is 5. The third kappa shape index (κ3) is 3.43. The minimum absolute atomic E-state index is 0.0607. The zero-order valence-corrected chi connectivity index (χ0v) is 16.7. The molecule has 4 aromatic rings. The predicted octanol–water partition coefficient (Wildman–Crippen LogP) is 3.61. The Balaban J connectivity index is 1.41. The SMILES string of the molecule is N#CC[C@@H](C1CCN(c2nc(F)c(F)cc2F)C1)n1cc(-c2ncnc3[nH]ccc23)cn1. The molecule has 5 rings (SSSR count). The third-order valence-corrected chi connectivity index (χ3v) is 5.81. The fraction of sp³-hybridized carbons (Fsp3) is 0.286. The van der Waals surface area contributed by atoms with Gasteiger partial charge in [0.25, 0.3) is 5.95 Å². The van der Waals surface area contributed by atoms with E-state index in [4.69, 9.17) is 0 Å². The smallest absolute Gasteiger partial charge is 0.251 e. The summed E-state index contributed by atoms with van der Waals surface area (Å²) in [6.07, 6.45) is 7.58. The van der Waals surface area contributed by atoms with E-state index in [0.29, 0.717) is 31.2 Å². The number of hydrogen-bond donors (Lipinski definition) is 1. The van der Waals surface area contributed by atoms with Crippen LogP contribution in [0.1, 0.15) is 18.9 Å². The maximum absolute atomic E-state index is 14.2. The lowest BCUT2D eigenvalue weighted by Crippen LogP contribution is -2.26. The molecule has 1 N–H and O–H groups in total. The molecule has 1 saturated heterocycles. The van der Waals surface area contributed by atoms with Gasteiger partial charge >= 0.3 is 0 Å². The molecule has 1 unspecified atom stereocenters. The van der Waals surface area contributed by atoms with Gasteiger partial charge in [0.1, 0.15) is 12.0 Å². The monoisotopic (exact) mass is 438 g/mol. The number of halogens is 3. The van der Waals surface area contributed by atoms with E-state index < -0.39 is 17.6 Å². The molecule has 5 heterocycles. The molecule has 8 nitrogen and oxygen atoms in total. The fourth-order valence-corrected chi connectivity index (χ4v) is 4.26. The van der Waals surface area contributed by atoms with Crippen LogP contribution in [-0.2, 0) is 0 Å². The lowest BCUT2D eigenvalue weighted by molar-refractivity contribution is 0.331. The van der Waals surface area contributed by atoms with Gasteiger partial charge in [-0.1, -0.05) is 0 Å². The Bertz CT molecular complexity index is 1320. The van der Waals surface area contributed by atoms with E-state index >= 15 is 0 Å². The minimum Gasteiger partial charge on any atom is -0.354 e. The van der Waals surface area contributed by atoms with Crippen LogP contribution in [0.25, 0.3) is 22.3 Å². The molecule has 0 amide bonds. The van der Waals surface area contributed by atoms with Crippen molar-refractivity contribution in [2.24, 2.45) is 5.92 Å². The topological polar surface area (TPSA) is 99.3 Å². The third-order valence-electron chi connectivity index (χ3n) is 5.81. The zero-order chi connectivity index (χ0) is 22.2. The first-order valence-electron chi connectivity index (χ1n) is 10.0. The van der Waals surface area contributed by atoms with Crippen LogP contribution in [0.2, 0.25) is 0 Å². The summed E-state index contributed by atoms with van der Waals surface area (Å²) in [5.41, 5.74) is 2.21. The van der Waals surface area contributed by atoms with Crippen LogP contribution in [0.3, 0.4) is 0 Å². The van der Waals surface area contributed by atoms with Crippen LogP contribution in [0.4, 0.5) is 19.0 Å². The van der Waals surface area contributed by atoms with Crippen molar-refractivity contribution in [3.05, 3.63) is 54.6 Å². The van der Waals surface area contributed by atoms with Crippen LogP contribution in [0, 0.1) is 34.8 Å². The standard InChI is InChI=1S/C21H17F3N8/c22-15-7-16(23)21(30-19(15)24)31-6-3-12(9-31)17(1-4-25)32-10-13(8-29-32)18-14-2-5-26-20(14)28-11-27-18/h2,5,7-8,10-12,17H,1,3,6,9H2,(H,26,27,28)/t12?,17-/m0/s1. The molecule has 0 radical (unpaired) electrons. The van der Waals surface area contributed by atoms with E-state index in [9.17, 15) is 18.4 Å². The summed E-state index contributed by atoms with van der Waals surface area (Å²) in [5, 5.41) is 14.7. The van der Waals surface area contributed by atoms with Crippen LogP contribution in [-0.4, -0.2) is 42.8 Å². The summed E-state index contributed by atoms with van der Waals surface area (Å²) in [6.45, 7) is 0.748. The normalized spacial score (nSPS) is 17.1. The van der Waals surface area contributed by atoms with Gasteiger partial charge in [0.05, 0.1) is 30.4 Å². The molecular weight excluding hydrogens is 421 g/mol. The van der Waals surface area contributed by atoms with Crippen molar-refractivity contribution in [1.29, 1.82) is 5.26 Å². The predicted molar refractivity (Wildman–Crippen MR) is 109 cm³/mol. The van der Waals surface area contributed by atoms with Gasteiger partial charge in [-0.2, -0.15) is 19.7 Å². The fourth-order valence-electron chi connectivity index (χ4n) is 4.26. The van der Waals surface area contributed by atoms with Gasteiger partial charge < -0.3 is 9.88 Å². The number of aromatic amines is 1. The number of fused-ring (bicyclic) bond motifs is 1. The van der Waals surface area contributed by atoms with Crippen LogP contribution in [0.15, 0.2) is 37.1 Å². The van der Waals surface area contributed by atoms with Gasteiger partial charge in [-0.3, -0.25) is 4.68 Å². The second-order valence-electron chi connectivity index (χ2n) is 7.66. The highest BCUT2D eigenvalue weighted by molar-refractivity contribution is 5.89. The Morgan fingerprint density at radius 2 is 2.12 bits per heavy atom. The van der Waals surface area contributed by atoms with E-state index in [0.717, 1.165) is 16.6 Å². The quantitative estimate of drug-likeness (QED) is 0.478. The largest absolute Gasteiger partial charge is 0.354 e. The maximum atomic E-state index is 14.2. The lowest BCUT2D eigenvalue weighted by atomic mass is 9.96. The number of nitrogens with one attached hydrogen (secondary N) is 1. The first kappa shape index (κ1) is 20.0. The molecule has 4 aromatic heterocycles. The van der Waals surface area contributed by atoms with E-state index in [1.165, 1.54) is 6.33 Å². The van der Waals surface area contributed by atoms with Crippen LogP contribution < -0.4 is 4.90 Å². The van der Waals surface area contributed by atoms with Gasteiger partial charge in [0.15, 0.2) is 17.5 Å². The Morgan fingerprint density at radius 1 is 1.25 bits per heavy atom. The molecular formula is C21H17F3N8. The van der Waals surface area contributed by atoms with E-state index in [1.54, 1.807) is 22.0 Å². The molecule has 0 bridgehead atoms. The second kappa shape index (κ2) is 7.96. The summed E-state index contributed by atoms with van der Waals surface area (Å²) in [5.74, 6) is -3.86. The summed E-state index contributed by atoms with van der Waals surface area (Å²) in [4.78, 5) is 16.6. The highest BCUT2D eigenvalue weighted by Crippen LogP contribution is 2.34. The maximum Gasteiger partial charge on any atom is 0.251 e. The first-order chi connectivity index (χ1) is 15.5. The molecule has 1 aliphatic heterocycles. The van der Waals surface area contributed by atoms with Crippen molar-refractivity contribution in [1.82, 2.24) is 29.7 Å². The molecule has 0 aliphatic carbocycles. The number of nitriles is 1. The van der Waals surface area contributed by atoms with E-state index in [1.807, 2.05) is 12.3 Å². The number of anilines is 1. The highest BCUT2D eigenvalue weighted by atomic mass is 19.2. The Hall–Kier alpha value is -3.94. The van der Waals surface area contributed by atoms with Crippen molar-refractivity contribution in [2.75, 3.05) is 18.0 Å². The molecule has 1 aliphatic rings. The van der Waals surface area contributed by atoms with E-state index in [2.05, 4.69) is 31.1 Å². The molecule has 162 valence electrons. The average molecular weight is 438 g/mol. The molecule has 0 spiro atoms. The molecule has 11 heteroatoms. The highest BCUT2D eigenvalue weighted by Gasteiger charge is 2.33. The number of H-pyrrole nitrogens is 1. The molecule has 1 fully saturated rings. The second-order valence-corrected chi connectivity index (χ2v) is 7.66. The average Bonchev–Trinajstić information content (AvgIpc) is 3.54. The van der Waals surface area contributed by atoms with Crippen molar-refractivity contribution >= 4 is 16.9 Å². The molecule has 2 atom stereocenters. The number of aromatic nitrogens is 6. The van der Waals surface area contributed by atoms with Gasteiger partial charge in [-0.25, -0.2) is 18.7 Å². The van der Waals surface area contributed by atoms with Gasteiger partial charge in [-0.15, -0.1) is 0 Å². The summed E-state index contributed by atoms with van der Waals surface area (Å²) in [6, 6.07) is 4.29. The Kier molecular flexibility index (Phi) is 4.97. The van der Waals surface area contributed by atoms with Crippen molar-refractivity contribution in [3.63, 3.8) is 0 Å². The van der Waals surface area contributed by atoms with Crippen LogP contribution in [0.5, 0.6) is 0 Å². The molecule has 32 heavy (non-hydrogen) atoms. The summed E-state index contributed by atoms with van der Waals surface area (Å²) < 4.78 is 42.7. The molecule has 0 aromatic carbocycles.